The van der Waals surface area contributed by atoms with Crippen molar-refractivity contribution in [3.8, 4) is 5.75 Å². The van der Waals surface area contributed by atoms with Crippen LogP contribution in [0, 0.1) is 0 Å². The number of nitrogens with zero attached hydrogens (tertiary/aromatic N) is 1. The van der Waals surface area contributed by atoms with Crippen molar-refractivity contribution < 1.29 is 36.2 Å². The number of aromatic nitrogens is 1. The minimum Gasteiger partial charge on any atom is -0.465 e. The molecule has 0 aromatic carbocycles. The lowest BCUT2D eigenvalue weighted by atomic mass is 10.1. The van der Waals surface area contributed by atoms with E-state index in [0.29, 0.717) is 6.07 Å². The third-order valence-electron chi connectivity index (χ3n) is 2.10. The van der Waals surface area contributed by atoms with Crippen LogP contribution in [-0.2, 0) is 11.3 Å². The molecule has 1 aromatic heterocycles. The Morgan fingerprint density at radius 3 is 2.45 bits per heavy atom. The highest BCUT2D eigenvalue weighted by molar-refractivity contribution is 5.93. The van der Waals surface area contributed by atoms with E-state index in [2.05, 4.69) is 14.5 Å². The van der Waals surface area contributed by atoms with Gasteiger partial charge in [0.1, 0.15) is 11.3 Å². The summed E-state index contributed by atoms with van der Waals surface area (Å²) >= 11 is 0. The maximum Gasteiger partial charge on any atom is 0.573 e. The zero-order valence-electron chi connectivity index (χ0n) is 10.0. The number of hydrogen-bond acceptors (Lipinski definition) is 5. The molecular formula is C10H9F5N2O3. The van der Waals surface area contributed by atoms with Gasteiger partial charge in [0, 0.05) is 6.54 Å². The quantitative estimate of drug-likeness (QED) is 0.681. The van der Waals surface area contributed by atoms with Crippen molar-refractivity contribution in [3.63, 3.8) is 0 Å². The van der Waals surface area contributed by atoms with E-state index >= 15 is 0 Å². The van der Waals surface area contributed by atoms with E-state index in [1.165, 1.54) is 0 Å². The summed E-state index contributed by atoms with van der Waals surface area (Å²) in [5.41, 5.74) is 2.79. The molecule has 0 saturated heterocycles. The lowest BCUT2D eigenvalue weighted by Gasteiger charge is -2.16. The van der Waals surface area contributed by atoms with E-state index in [1.807, 2.05) is 0 Å². The predicted octanol–water partition coefficient (Wildman–Crippen LogP) is 2.16. The normalized spacial score (nSPS) is 11.6. The molecule has 0 aliphatic carbocycles. The van der Waals surface area contributed by atoms with Gasteiger partial charge in [0.2, 0.25) is 0 Å². The Kier molecular flexibility index (Phi) is 4.82. The van der Waals surface area contributed by atoms with Gasteiger partial charge in [0.05, 0.1) is 12.8 Å². The van der Waals surface area contributed by atoms with Crippen molar-refractivity contribution in [1.82, 2.24) is 4.98 Å². The maximum absolute atomic E-state index is 12.6. The van der Waals surface area contributed by atoms with Crippen LogP contribution in [0.2, 0.25) is 0 Å². The fourth-order valence-corrected chi connectivity index (χ4v) is 1.35. The SMILES string of the molecule is COC(=O)c1cc(C(F)F)nc(CN)c1OC(F)(F)F. The summed E-state index contributed by atoms with van der Waals surface area (Å²) in [5.74, 6) is -2.32. The first-order valence-corrected chi connectivity index (χ1v) is 5.05. The number of pyridine rings is 1. The lowest BCUT2D eigenvalue weighted by molar-refractivity contribution is -0.275. The summed E-state index contributed by atoms with van der Waals surface area (Å²) < 4.78 is 69.8. The van der Waals surface area contributed by atoms with Crippen LogP contribution in [0.1, 0.15) is 28.2 Å². The Morgan fingerprint density at radius 1 is 1.45 bits per heavy atom. The van der Waals surface area contributed by atoms with Crippen LogP contribution in [0.3, 0.4) is 0 Å². The van der Waals surface area contributed by atoms with Gasteiger partial charge in [-0.2, -0.15) is 0 Å². The van der Waals surface area contributed by atoms with Gasteiger partial charge in [-0.05, 0) is 6.07 Å². The standard InChI is InChI=1S/C10H9F5N2O3/c1-19-9(18)4-2-5(8(11)12)17-6(3-16)7(4)20-10(13,14)15/h2,8H,3,16H2,1H3. The van der Waals surface area contributed by atoms with E-state index in [1.54, 1.807) is 0 Å². The third kappa shape index (κ3) is 3.76. The van der Waals surface area contributed by atoms with Crippen LogP contribution in [0.25, 0.3) is 0 Å². The van der Waals surface area contributed by atoms with Crippen LogP contribution in [0.15, 0.2) is 6.07 Å². The van der Waals surface area contributed by atoms with Crippen molar-refractivity contribution in [2.45, 2.75) is 19.3 Å². The van der Waals surface area contributed by atoms with Crippen molar-refractivity contribution in [3.05, 3.63) is 23.0 Å². The van der Waals surface area contributed by atoms with E-state index in [4.69, 9.17) is 5.73 Å². The second-order valence-electron chi connectivity index (χ2n) is 3.41. The molecule has 10 heteroatoms. The topological polar surface area (TPSA) is 74.4 Å². The fourth-order valence-electron chi connectivity index (χ4n) is 1.35. The molecule has 0 unspecified atom stereocenters. The second kappa shape index (κ2) is 5.99. The Bertz CT molecular complexity index is 504. The molecule has 0 bridgehead atoms. The summed E-state index contributed by atoms with van der Waals surface area (Å²) in [6.45, 7) is -0.629. The molecule has 0 atom stereocenters. The van der Waals surface area contributed by atoms with Crippen LogP contribution >= 0.6 is 0 Å². The Hall–Kier alpha value is -1.97. The molecule has 1 heterocycles. The van der Waals surface area contributed by atoms with Gasteiger partial charge < -0.3 is 15.2 Å². The van der Waals surface area contributed by atoms with Crippen molar-refractivity contribution >= 4 is 5.97 Å². The summed E-state index contributed by atoms with van der Waals surface area (Å²) in [4.78, 5) is 14.6. The Labute approximate surface area is 109 Å². The summed E-state index contributed by atoms with van der Waals surface area (Å²) in [6.07, 6.45) is -8.23. The highest BCUT2D eigenvalue weighted by atomic mass is 19.4. The average Bonchev–Trinajstić information content (AvgIpc) is 2.35. The first-order chi connectivity index (χ1) is 9.19. The van der Waals surface area contributed by atoms with Crippen LogP contribution in [0.5, 0.6) is 5.75 Å². The number of esters is 1. The zero-order valence-corrected chi connectivity index (χ0v) is 10.0. The predicted molar refractivity (Wildman–Crippen MR) is 55.1 cm³/mol. The molecule has 0 aliphatic heterocycles. The molecule has 0 aliphatic rings. The van der Waals surface area contributed by atoms with E-state index in [-0.39, 0.29) is 0 Å². The van der Waals surface area contributed by atoms with Gasteiger partial charge in [0.25, 0.3) is 6.43 Å². The van der Waals surface area contributed by atoms with Gasteiger partial charge in [-0.1, -0.05) is 0 Å². The fraction of sp³-hybridized carbons (Fsp3) is 0.400. The lowest BCUT2D eigenvalue weighted by Crippen LogP contribution is -2.22. The molecule has 1 rings (SSSR count). The van der Waals surface area contributed by atoms with Gasteiger partial charge >= 0.3 is 12.3 Å². The first kappa shape index (κ1) is 16.1. The number of rotatable bonds is 4. The summed E-state index contributed by atoms with van der Waals surface area (Å²) in [6, 6.07) is 0.469. The average molecular weight is 300 g/mol. The molecule has 20 heavy (non-hydrogen) atoms. The minimum atomic E-state index is -5.14. The molecular weight excluding hydrogens is 291 g/mol. The Morgan fingerprint density at radius 2 is 2.05 bits per heavy atom. The molecule has 2 N–H and O–H groups in total. The molecule has 0 saturated carbocycles. The molecule has 5 nitrogen and oxygen atoms in total. The van der Waals surface area contributed by atoms with Crippen LogP contribution < -0.4 is 10.5 Å². The molecule has 0 radical (unpaired) electrons. The van der Waals surface area contributed by atoms with E-state index < -0.39 is 48.0 Å². The number of nitrogens with two attached hydrogens (primary N) is 1. The number of hydrogen-bond donors (Lipinski definition) is 1. The van der Waals surface area contributed by atoms with Gasteiger partial charge in [-0.25, -0.2) is 18.6 Å². The number of ether oxygens (including phenoxy) is 2. The van der Waals surface area contributed by atoms with Gasteiger partial charge in [-0.3, -0.25) is 0 Å². The smallest absolute Gasteiger partial charge is 0.465 e. The van der Waals surface area contributed by atoms with Gasteiger partial charge in [-0.15, -0.1) is 13.2 Å². The summed E-state index contributed by atoms with van der Waals surface area (Å²) in [5, 5.41) is 0. The molecule has 112 valence electrons. The van der Waals surface area contributed by atoms with E-state index in [9.17, 15) is 26.7 Å². The van der Waals surface area contributed by atoms with Crippen molar-refractivity contribution in [1.29, 1.82) is 0 Å². The van der Waals surface area contributed by atoms with Crippen molar-refractivity contribution in [2.24, 2.45) is 5.73 Å². The highest BCUT2D eigenvalue weighted by Crippen LogP contribution is 2.32. The number of methoxy groups -OCH3 is 1. The number of halogens is 5. The van der Waals surface area contributed by atoms with Crippen LogP contribution in [-0.4, -0.2) is 24.4 Å². The molecule has 0 spiro atoms. The van der Waals surface area contributed by atoms with Crippen LogP contribution in [0.4, 0.5) is 22.0 Å². The molecule has 0 fully saturated rings. The molecule has 0 amide bonds. The highest BCUT2D eigenvalue weighted by Gasteiger charge is 2.35. The van der Waals surface area contributed by atoms with E-state index in [0.717, 1.165) is 7.11 Å². The zero-order chi connectivity index (χ0) is 15.5. The largest absolute Gasteiger partial charge is 0.573 e. The van der Waals surface area contributed by atoms with Crippen molar-refractivity contribution in [2.75, 3.05) is 7.11 Å². The van der Waals surface area contributed by atoms with Gasteiger partial charge in [0.15, 0.2) is 5.75 Å². The first-order valence-electron chi connectivity index (χ1n) is 5.05. The molecule has 1 aromatic rings. The second-order valence-corrected chi connectivity index (χ2v) is 3.41. The summed E-state index contributed by atoms with van der Waals surface area (Å²) in [7, 11) is 0.879. The third-order valence-corrected chi connectivity index (χ3v) is 2.10. The number of alkyl halides is 5. The number of carbonyl (C=O) groups excluding carboxylic acids is 1. The Balaban J connectivity index is 3.48. The maximum atomic E-state index is 12.6. The number of carbonyl (C=O) groups is 1. The monoisotopic (exact) mass is 300 g/mol. The minimum absolute atomic E-state index is 0.469.